The highest BCUT2D eigenvalue weighted by atomic mass is 16.2. The zero-order valence-electron chi connectivity index (χ0n) is 18.5. The molecule has 30 heavy (non-hydrogen) atoms. The highest BCUT2D eigenvalue weighted by molar-refractivity contribution is 5.97. The van der Waals surface area contributed by atoms with E-state index in [9.17, 15) is 9.59 Å². The second-order valence-corrected chi connectivity index (χ2v) is 8.31. The van der Waals surface area contributed by atoms with Gasteiger partial charge in [-0.05, 0) is 43.5 Å². The second-order valence-electron chi connectivity index (χ2n) is 8.31. The molecule has 160 valence electrons. The number of unbranched alkanes of at least 4 members (excludes halogenated alkanes) is 4. The summed E-state index contributed by atoms with van der Waals surface area (Å²) >= 11 is 0. The number of fused-ring (bicyclic) bond motifs is 1. The molecule has 0 bridgehead atoms. The van der Waals surface area contributed by atoms with E-state index in [1.165, 1.54) is 19.3 Å². The predicted octanol–water partition coefficient (Wildman–Crippen LogP) is 6.27. The van der Waals surface area contributed by atoms with E-state index in [2.05, 4.69) is 19.9 Å². The fourth-order valence-electron chi connectivity index (χ4n) is 4.58. The number of benzene rings is 2. The molecule has 2 aromatic carbocycles. The molecule has 3 rings (SSSR count). The van der Waals surface area contributed by atoms with E-state index >= 15 is 0 Å². The first-order valence-corrected chi connectivity index (χ1v) is 11.3. The van der Waals surface area contributed by atoms with E-state index in [0.29, 0.717) is 6.42 Å². The summed E-state index contributed by atoms with van der Waals surface area (Å²) in [6, 6.07) is 17.8. The van der Waals surface area contributed by atoms with Crippen LogP contribution in [0.25, 0.3) is 0 Å². The Morgan fingerprint density at radius 2 is 1.63 bits per heavy atom. The van der Waals surface area contributed by atoms with E-state index in [1.807, 2.05) is 58.3 Å². The molecule has 1 heterocycles. The summed E-state index contributed by atoms with van der Waals surface area (Å²) in [7, 11) is 0. The van der Waals surface area contributed by atoms with Crippen molar-refractivity contribution in [3.05, 3.63) is 60.2 Å². The number of rotatable bonds is 8. The van der Waals surface area contributed by atoms with Gasteiger partial charge < -0.3 is 9.80 Å². The van der Waals surface area contributed by atoms with Crippen molar-refractivity contribution in [2.75, 3.05) is 9.80 Å². The number of hydrogen-bond donors (Lipinski definition) is 0. The first kappa shape index (κ1) is 22.1. The molecule has 2 amide bonds. The van der Waals surface area contributed by atoms with Gasteiger partial charge in [0, 0.05) is 30.8 Å². The molecular formula is C26H34N2O2. The minimum Gasteiger partial charge on any atom is -0.309 e. The topological polar surface area (TPSA) is 40.6 Å². The summed E-state index contributed by atoms with van der Waals surface area (Å²) in [4.78, 5) is 29.6. The van der Waals surface area contributed by atoms with Crippen LogP contribution in [0, 0.1) is 0 Å². The molecule has 0 spiro atoms. The van der Waals surface area contributed by atoms with Crippen LogP contribution in [0.4, 0.5) is 11.4 Å². The maximum absolute atomic E-state index is 13.1. The zero-order chi connectivity index (χ0) is 21.5. The minimum atomic E-state index is -0.0790. The smallest absolute Gasteiger partial charge is 0.227 e. The molecule has 0 saturated heterocycles. The Labute approximate surface area is 180 Å². The highest BCUT2D eigenvalue weighted by Gasteiger charge is 2.37. The average Bonchev–Trinajstić information content (AvgIpc) is 2.74. The van der Waals surface area contributed by atoms with Gasteiger partial charge in [0.05, 0.1) is 6.04 Å². The van der Waals surface area contributed by atoms with Crippen LogP contribution in [0.5, 0.6) is 0 Å². The van der Waals surface area contributed by atoms with E-state index < -0.39 is 0 Å². The van der Waals surface area contributed by atoms with Crippen molar-refractivity contribution < 1.29 is 9.59 Å². The van der Waals surface area contributed by atoms with Gasteiger partial charge in [-0.1, -0.05) is 69.0 Å². The summed E-state index contributed by atoms with van der Waals surface area (Å²) in [6.45, 7) is 5.92. The highest BCUT2D eigenvalue weighted by Crippen LogP contribution is 2.42. The molecule has 2 atom stereocenters. The van der Waals surface area contributed by atoms with Crippen molar-refractivity contribution >= 4 is 23.2 Å². The summed E-state index contributed by atoms with van der Waals surface area (Å²) in [5, 5.41) is 0. The van der Waals surface area contributed by atoms with Crippen molar-refractivity contribution in [2.24, 2.45) is 0 Å². The molecule has 4 nitrogen and oxygen atoms in total. The minimum absolute atomic E-state index is 0.0175. The summed E-state index contributed by atoms with van der Waals surface area (Å²) in [5.41, 5.74) is 2.89. The van der Waals surface area contributed by atoms with Gasteiger partial charge in [-0.2, -0.15) is 0 Å². The van der Waals surface area contributed by atoms with Crippen molar-refractivity contribution in [3.8, 4) is 0 Å². The molecule has 0 aliphatic carbocycles. The number of amides is 2. The third-order valence-corrected chi connectivity index (χ3v) is 6.01. The largest absolute Gasteiger partial charge is 0.309 e. The van der Waals surface area contributed by atoms with Crippen LogP contribution >= 0.6 is 0 Å². The van der Waals surface area contributed by atoms with E-state index in [-0.39, 0.29) is 23.9 Å². The van der Waals surface area contributed by atoms with Gasteiger partial charge in [-0.25, -0.2) is 0 Å². The summed E-state index contributed by atoms with van der Waals surface area (Å²) in [5.74, 6) is 0.211. The van der Waals surface area contributed by atoms with Crippen LogP contribution < -0.4 is 9.80 Å². The first-order chi connectivity index (χ1) is 14.5. The van der Waals surface area contributed by atoms with Crippen LogP contribution in [0.2, 0.25) is 0 Å². The SMILES string of the molecule is CCCCCCCC(=O)N1c2ccccc2C(N(C(C)=O)c2ccccc2)CC1C. The summed E-state index contributed by atoms with van der Waals surface area (Å²) < 4.78 is 0. The van der Waals surface area contributed by atoms with Gasteiger partial charge in [-0.15, -0.1) is 0 Å². The van der Waals surface area contributed by atoms with E-state index in [0.717, 1.165) is 36.2 Å². The molecule has 0 saturated carbocycles. The second kappa shape index (κ2) is 10.4. The maximum atomic E-state index is 13.1. The normalized spacial score (nSPS) is 18.0. The lowest BCUT2D eigenvalue weighted by Crippen LogP contribution is -2.47. The van der Waals surface area contributed by atoms with E-state index in [4.69, 9.17) is 0 Å². The Balaban J connectivity index is 1.86. The molecule has 0 fully saturated rings. The first-order valence-electron chi connectivity index (χ1n) is 11.3. The molecule has 0 aromatic heterocycles. The monoisotopic (exact) mass is 406 g/mol. The van der Waals surface area contributed by atoms with Gasteiger partial charge in [-0.3, -0.25) is 9.59 Å². The number of hydrogen-bond acceptors (Lipinski definition) is 2. The number of carbonyl (C=O) groups excluding carboxylic acids is 2. The summed E-state index contributed by atoms with van der Waals surface area (Å²) in [6.07, 6.45) is 7.01. The van der Waals surface area contributed by atoms with E-state index in [1.54, 1.807) is 6.92 Å². The average molecular weight is 407 g/mol. The molecular weight excluding hydrogens is 372 g/mol. The van der Waals surface area contributed by atoms with Crippen LogP contribution in [0.15, 0.2) is 54.6 Å². The Morgan fingerprint density at radius 3 is 2.33 bits per heavy atom. The lowest BCUT2D eigenvalue weighted by Gasteiger charge is -2.43. The van der Waals surface area contributed by atoms with Crippen LogP contribution in [0.1, 0.15) is 77.3 Å². The van der Waals surface area contributed by atoms with Crippen LogP contribution in [-0.4, -0.2) is 17.9 Å². The molecule has 0 radical (unpaired) electrons. The number of para-hydroxylation sites is 2. The van der Waals surface area contributed by atoms with Gasteiger partial charge in [0.15, 0.2) is 0 Å². The number of anilines is 2. The van der Waals surface area contributed by atoms with Crippen LogP contribution in [-0.2, 0) is 9.59 Å². The molecule has 2 aromatic rings. The third kappa shape index (κ3) is 4.92. The molecule has 1 aliphatic rings. The standard InChI is InChI=1S/C26H34N2O2/c1-4-5-6-7-11-18-26(30)27-20(2)19-25(23-16-12-13-17-24(23)27)28(21(3)29)22-14-9-8-10-15-22/h8-10,12-17,20,25H,4-7,11,18-19H2,1-3H3. The Morgan fingerprint density at radius 1 is 0.967 bits per heavy atom. The molecule has 4 heteroatoms. The molecule has 0 N–H and O–H groups in total. The molecule has 2 unspecified atom stereocenters. The van der Waals surface area contributed by atoms with Gasteiger partial charge in [0.25, 0.3) is 0 Å². The Bertz CT molecular complexity index is 849. The fourth-order valence-corrected chi connectivity index (χ4v) is 4.58. The fraction of sp³-hybridized carbons (Fsp3) is 0.462. The quantitative estimate of drug-likeness (QED) is 0.485. The Hall–Kier alpha value is -2.62. The van der Waals surface area contributed by atoms with Crippen molar-refractivity contribution in [1.29, 1.82) is 0 Å². The van der Waals surface area contributed by atoms with Crippen molar-refractivity contribution in [1.82, 2.24) is 0 Å². The van der Waals surface area contributed by atoms with Gasteiger partial charge >= 0.3 is 0 Å². The van der Waals surface area contributed by atoms with Crippen molar-refractivity contribution in [3.63, 3.8) is 0 Å². The number of carbonyl (C=O) groups is 2. The van der Waals surface area contributed by atoms with Gasteiger partial charge in [0.2, 0.25) is 11.8 Å². The zero-order valence-corrected chi connectivity index (χ0v) is 18.5. The lowest BCUT2D eigenvalue weighted by atomic mass is 9.89. The maximum Gasteiger partial charge on any atom is 0.227 e. The Kier molecular flexibility index (Phi) is 7.67. The predicted molar refractivity (Wildman–Crippen MR) is 124 cm³/mol. The van der Waals surface area contributed by atoms with Gasteiger partial charge in [0.1, 0.15) is 0 Å². The number of nitrogens with zero attached hydrogens (tertiary/aromatic N) is 2. The van der Waals surface area contributed by atoms with Crippen LogP contribution in [0.3, 0.4) is 0 Å². The lowest BCUT2D eigenvalue weighted by molar-refractivity contribution is -0.119. The van der Waals surface area contributed by atoms with Crippen molar-refractivity contribution in [2.45, 2.75) is 77.8 Å². The third-order valence-electron chi connectivity index (χ3n) is 6.01. The molecule has 1 aliphatic heterocycles.